The quantitative estimate of drug-likeness (QED) is 0.624. The van der Waals surface area contributed by atoms with Gasteiger partial charge in [-0.15, -0.1) is 0 Å². The van der Waals surface area contributed by atoms with Gasteiger partial charge in [-0.25, -0.2) is 0 Å². The molecule has 0 N–H and O–H groups in total. The van der Waals surface area contributed by atoms with Crippen molar-refractivity contribution in [1.82, 2.24) is 4.90 Å². The molecular weight excluding hydrogens is 384 g/mol. The molecular formula is C11H29NSn2. The molecule has 1 atom stereocenters. The van der Waals surface area contributed by atoms with Crippen LogP contribution in [0.4, 0.5) is 0 Å². The van der Waals surface area contributed by atoms with Gasteiger partial charge in [0.15, 0.2) is 0 Å². The molecule has 0 aromatic heterocycles. The Bertz CT molecular complexity index is 165. The van der Waals surface area contributed by atoms with Crippen molar-refractivity contribution in [3.05, 3.63) is 0 Å². The number of hydrogen-bond donors (Lipinski definition) is 0. The predicted octanol–water partition coefficient (Wildman–Crippen LogP) is 3.59. The van der Waals surface area contributed by atoms with Crippen LogP contribution < -0.4 is 0 Å². The van der Waals surface area contributed by atoms with Gasteiger partial charge >= 0.3 is 100 Å². The Hall–Kier alpha value is 1.56. The summed E-state index contributed by atoms with van der Waals surface area (Å²) < 4.78 is 2.68. The summed E-state index contributed by atoms with van der Waals surface area (Å²) in [5, 5.41) is 0. The van der Waals surface area contributed by atoms with E-state index in [1.165, 1.54) is 6.54 Å². The van der Waals surface area contributed by atoms with Crippen LogP contribution in [0.15, 0.2) is 0 Å². The molecule has 1 unspecified atom stereocenters. The van der Waals surface area contributed by atoms with E-state index in [1.807, 2.05) is 0 Å². The van der Waals surface area contributed by atoms with E-state index in [0.29, 0.717) is 0 Å². The first kappa shape index (κ1) is 15.6. The first-order valence-corrected chi connectivity index (χ1v) is 26.5. The molecule has 0 fully saturated rings. The summed E-state index contributed by atoms with van der Waals surface area (Å²) >= 11 is -3.24. The molecule has 0 radical (unpaired) electrons. The Kier molecular flexibility index (Phi) is 6.40. The third-order valence-electron chi connectivity index (χ3n) is 2.67. The van der Waals surface area contributed by atoms with Gasteiger partial charge in [0.2, 0.25) is 0 Å². The van der Waals surface area contributed by atoms with Crippen molar-refractivity contribution in [3.8, 4) is 0 Å². The van der Waals surface area contributed by atoms with Gasteiger partial charge in [0, 0.05) is 0 Å². The van der Waals surface area contributed by atoms with Crippen molar-refractivity contribution < 1.29 is 0 Å². The maximum absolute atomic E-state index is 2.60. The van der Waals surface area contributed by atoms with Gasteiger partial charge in [0.05, 0.1) is 0 Å². The van der Waals surface area contributed by atoms with E-state index < -0.39 is 36.8 Å². The van der Waals surface area contributed by atoms with Crippen LogP contribution in [-0.4, -0.2) is 62.3 Å². The fraction of sp³-hybridized carbons (Fsp3) is 1.00. The van der Waals surface area contributed by atoms with Crippen LogP contribution in [-0.2, 0) is 0 Å². The summed E-state index contributed by atoms with van der Waals surface area (Å²) in [5.41, 5.74) is 0. The molecule has 3 heteroatoms. The van der Waals surface area contributed by atoms with Crippen molar-refractivity contribution in [1.29, 1.82) is 0 Å². The van der Waals surface area contributed by atoms with Crippen molar-refractivity contribution >= 4 is 36.8 Å². The zero-order valence-corrected chi connectivity index (χ0v) is 17.1. The van der Waals surface area contributed by atoms with E-state index in [1.54, 1.807) is 4.44 Å². The van der Waals surface area contributed by atoms with E-state index in [-0.39, 0.29) is 0 Å². The van der Waals surface area contributed by atoms with Crippen molar-refractivity contribution in [2.75, 3.05) is 20.6 Å². The Morgan fingerprint density at radius 1 is 0.929 bits per heavy atom. The van der Waals surface area contributed by atoms with Crippen LogP contribution in [0.3, 0.4) is 0 Å². The maximum atomic E-state index is 2.60. The van der Waals surface area contributed by atoms with Gasteiger partial charge in [-0.05, 0) is 0 Å². The van der Waals surface area contributed by atoms with Crippen molar-refractivity contribution in [2.45, 2.75) is 38.0 Å². The van der Waals surface area contributed by atoms with Crippen LogP contribution in [0.2, 0.25) is 38.0 Å². The summed E-state index contributed by atoms with van der Waals surface area (Å²) in [6, 6.07) is 0. The molecule has 0 saturated carbocycles. The van der Waals surface area contributed by atoms with Gasteiger partial charge in [-0.2, -0.15) is 0 Å². The monoisotopic (exact) mass is 415 g/mol. The minimum absolute atomic E-state index is 1.08. The fourth-order valence-electron chi connectivity index (χ4n) is 1.82. The first-order valence-electron chi connectivity index (χ1n) is 5.67. The van der Waals surface area contributed by atoms with E-state index in [9.17, 15) is 0 Å². The van der Waals surface area contributed by atoms with Crippen LogP contribution >= 0.6 is 0 Å². The average Bonchev–Trinajstić information content (AvgIpc) is 1.78. The van der Waals surface area contributed by atoms with E-state index in [0.717, 1.165) is 3.93 Å². The number of hydrogen-bond acceptors (Lipinski definition) is 1. The molecule has 0 aliphatic heterocycles. The minimum atomic E-state index is -1.67. The van der Waals surface area contributed by atoms with E-state index in [2.05, 4.69) is 48.6 Å². The van der Waals surface area contributed by atoms with Crippen molar-refractivity contribution in [3.63, 3.8) is 0 Å². The number of rotatable bonds is 5. The Labute approximate surface area is 99.4 Å². The molecule has 0 aromatic rings. The zero-order chi connectivity index (χ0) is 11.6. The molecule has 0 spiro atoms. The molecule has 0 heterocycles. The second kappa shape index (κ2) is 5.76. The summed E-state index contributed by atoms with van der Waals surface area (Å²) in [7, 11) is 4.45. The van der Waals surface area contributed by atoms with Crippen LogP contribution in [0.25, 0.3) is 0 Å². The summed E-state index contributed by atoms with van der Waals surface area (Å²) in [6.07, 6.45) is 0. The Morgan fingerprint density at radius 3 is 1.57 bits per heavy atom. The molecule has 0 rings (SSSR count). The third-order valence-corrected chi connectivity index (χ3v) is 19.0. The molecule has 0 aliphatic carbocycles. The molecule has 1 nitrogen and oxygen atoms in total. The SMILES string of the molecule is CN(C)C[CH]([CH2][Sn]([CH3])([CH3])[CH3])[Sn]([CH3])([CH3])[CH3]. The van der Waals surface area contributed by atoms with Crippen molar-refractivity contribution in [2.24, 2.45) is 0 Å². The third kappa shape index (κ3) is 7.80. The second-order valence-electron chi connectivity index (χ2n) is 7.09. The van der Waals surface area contributed by atoms with E-state index in [4.69, 9.17) is 0 Å². The first-order chi connectivity index (χ1) is 6.02. The fourth-order valence-corrected chi connectivity index (χ4v) is 34.2. The van der Waals surface area contributed by atoms with Crippen LogP contribution in [0.1, 0.15) is 0 Å². The summed E-state index contributed by atoms with van der Waals surface area (Å²) in [4.78, 5) is 17.9. The van der Waals surface area contributed by atoms with Gasteiger partial charge < -0.3 is 0 Å². The van der Waals surface area contributed by atoms with E-state index >= 15 is 0 Å². The van der Waals surface area contributed by atoms with Gasteiger partial charge in [0.25, 0.3) is 0 Å². The van der Waals surface area contributed by atoms with Crippen LogP contribution in [0.5, 0.6) is 0 Å². The van der Waals surface area contributed by atoms with Gasteiger partial charge in [0.1, 0.15) is 0 Å². The summed E-state index contributed by atoms with van der Waals surface area (Å²) in [6.45, 7) is 1.34. The molecule has 0 amide bonds. The standard InChI is InChI=1S/C5H11N.6CH3.2Sn/c1-4-5-6(2)3;;;;;;;;/h4H,1,5H2,2-3H3;6*1H3;;. The average molecular weight is 413 g/mol. The zero-order valence-electron chi connectivity index (χ0n) is 11.4. The summed E-state index contributed by atoms with van der Waals surface area (Å²) in [5.74, 6) is 0. The van der Waals surface area contributed by atoms with Gasteiger partial charge in [-0.1, -0.05) is 0 Å². The van der Waals surface area contributed by atoms with Crippen LogP contribution in [0, 0.1) is 0 Å². The predicted molar refractivity (Wildman–Crippen MR) is 73.8 cm³/mol. The Balaban J connectivity index is 4.42. The topological polar surface area (TPSA) is 3.24 Å². The molecule has 0 aromatic carbocycles. The molecule has 0 saturated heterocycles. The molecule has 14 heavy (non-hydrogen) atoms. The Morgan fingerprint density at radius 2 is 1.36 bits per heavy atom. The normalized spacial score (nSPS) is 16.1. The molecule has 86 valence electrons. The molecule has 0 bridgehead atoms. The number of nitrogens with zero attached hydrogens (tertiary/aromatic N) is 1. The second-order valence-corrected chi connectivity index (χ2v) is 38.7. The molecule has 0 aliphatic rings. The van der Waals surface area contributed by atoms with Gasteiger partial charge in [-0.3, -0.25) is 0 Å².